The average Bonchev–Trinajstić information content (AvgIpc) is 2.79. The third-order valence-corrected chi connectivity index (χ3v) is 5.23. The van der Waals surface area contributed by atoms with Crippen LogP contribution in [0.4, 0.5) is 11.4 Å². The van der Waals surface area contributed by atoms with Gasteiger partial charge in [-0.15, -0.1) is 0 Å². The van der Waals surface area contributed by atoms with Crippen molar-refractivity contribution in [3.8, 4) is 0 Å². The molecule has 21 heavy (non-hydrogen) atoms. The Bertz CT molecular complexity index is 673. The minimum absolute atomic E-state index is 0.104. The Morgan fingerprint density at radius 1 is 1.52 bits per heavy atom. The smallest absolute Gasteiger partial charge is 0.289 e. The lowest BCUT2D eigenvalue weighted by atomic mass is 10.1. The molecule has 0 aliphatic carbocycles. The number of nitrogen functional groups attached to an aromatic ring is 1. The first-order valence-corrected chi connectivity index (χ1v) is 7.59. The van der Waals surface area contributed by atoms with E-state index in [1.807, 2.05) is 0 Å². The summed E-state index contributed by atoms with van der Waals surface area (Å²) in [6.45, 7) is 1.52. The van der Waals surface area contributed by atoms with E-state index in [4.69, 9.17) is 5.84 Å². The molecule has 0 spiro atoms. The van der Waals surface area contributed by atoms with Gasteiger partial charge in [0.25, 0.3) is 5.69 Å². The highest BCUT2D eigenvalue weighted by atomic mass is 32.2. The van der Waals surface area contributed by atoms with E-state index in [0.717, 1.165) is 16.4 Å². The maximum atomic E-state index is 12.6. The summed E-state index contributed by atoms with van der Waals surface area (Å²) in [6, 6.07) is 3.51. The van der Waals surface area contributed by atoms with Gasteiger partial charge in [-0.3, -0.25) is 16.0 Å². The molecule has 1 unspecified atom stereocenters. The molecule has 2 rings (SSSR count). The molecule has 1 saturated heterocycles. The Balaban J connectivity index is 2.51. The molecule has 1 aliphatic heterocycles. The molecule has 1 heterocycles. The van der Waals surface area contributed by atoms with Gasteiger partial charge in [-0.25, -0.2) is 8.42 Å². The van der Waals surface area contributed by atoms with Gasteiger partial charge < -0.3 is 10.5 Å². The van der Waals surface area contributed by atoms with Crippen LogP contribution in [0, 0.1) is 10.1 Å². The van der Waals surface area contributed by atoms with Crippen LogP contribution in [0.25, 0.3) is 0 Å². The maximum absolute atomic E-state index is 12.6. The molecule has 9 nitrogen and oxygen atoms in total. The van der Waals surface area contributed by atoms with Gasteiger partial charge in [0, 0.05) is 19.2 Å². The number of nitro benzene ring substituents is 1. The van der Waals surface area contributed by atoms with E-state index >= 15 is 0 Å². The summed E-state index contributed by atoms with van der Waals surface area (Å²) >= 11 is 0. The number of rotatable bonds is 4. The van der Waals surface area contributed by atoms with Gasteiger partial charge in [-0.2, -0.15) is 4.31 Å². The molecule has 1 fully saturated rings. The van der Waals surface area contributed by atoms with Crippen molar-refractivity contribution in [1.29, 1.82) is 0 Å². The monoisotopic (exact) mass is 316 g/mol. The number of aliphatic hydroxyl groups is 1. The third kappa shape index (κ3) is 2.97. The molecule has 0 saturated carbocycles. The molecular weight excluding hydrogens is 300 g/mol. The fourth-order valence-electron chi connectivity index (χ4n) is 2.21. The number of β-amino-alcohol motifs (C(OH)–C–C–N with tert-alkyl or cyclic N) is 1. The van der Waals surface area contributed by atoms with E-state index in [-0.39, 0.29) is 25.2 Å². The highest BCUT2D eigenvalue weighted by Gasteiger charge is 2.41. The van der Waals surface area contributed by atoms with Crippen LogP contribution in [0.2, 0.25) is 0 Å². The molecule has 0 aromatic heterocycles. The van der Waals surface area contributed by atoms with Crippen LogP contribution in [0.15, 0.2) is 23.1 Å². The largest absolute Gasteiger partial charge is 0.389 e. The lowest BCUT2D eigenvalue weighted by Crippen LogP contribution is -2.34. The second-order valence-electron chi connectivity index (χ2n) is 5.17. The zero-order chi connectivity index (χ0) is 15.8. The van der Waals surface area contributed by atoms with Crippen molar-refractivity contribution in [2.75, 3.05) is 18.5 Å². The van der Waals surface area contributed by atoms with Gasteiger partial charge in [0.1, 0.15) is 0 Å². The summed E-state index contributed by atoms with van der Waals surface area (Å²) < 4.78 is 26.2. The van der Waals surface area contributed by atoms with Crippen LogP contribution in [0.5, 0.6) is 0 Å². The number of nitro groups is 1. The molecule has 10 heteroatoms. The van der Waals surface area contributed by atoms with Gasteiger partial charge in [0.2, 0.25) is 10.0 Å². The van der Waals surface area contributed by atoms with Crippen molar-refractivity contribution in [2.24, 2.45) is 5.84 Å². The summed E-state index contributed by atoms with van der Waals surface area (Å²) in [5.74, 6) is 5.22. The lowest BCUT2D eigenvalue weighted by Gasteiger charge is -2.19. The maximum Gasteiger partial charge on any atom is 0.289 e. The van der Waals surface area contributed by atoms with Crippen LogP contribution < -0.4 is 11.3 Å². The number of benzene rings is 1. The molecule has 1 aromatic carbocycles. The first-order chi connectivity index (χ1) is 9.67. The Hall–Kier alpha value is -1.75. The van der Waals surface area contributed by atoms with Crippen molar-refractivity contribution >= 4 is 21.4 Å². The summed E-state index contributed by atoms with van der Waals surface area (Å²) in [5.41, 5.74) is 0.838. The van der Waals surface area contributed by atoms with Crippen molar-refractivity contribution in [1.82, 2.24) is 4.31 Å². The first kappa shape index (κ1) is 15.6. The molecule has 0 amide bonds. The average molecular weight is 316 g/mol. The van der Waals surface area contributed by atoms with Gasteiger partial charge in [0.15, 0.2) is 4.90 Å². The standard InChI is InChI=1S/C11H16N4O5S/c1-11(16)4-5-14(7-11)21(19,20)10-6-8(13-12)2-3-9(10)15(17)18/h2-3,6,13,16H,4-5,7,12H2,1H3. The zero-order valence-electron chi connectivity index (χ0n) is 11.3. The summed E-state index contributed by atoms with van der Waals surface area (Å²) in [5, 5.41) is 20.9. The molecule has 4 N–H and O–H groups in total. The molecule has 0 radical (unpaired) electrons. The minimum Gasteiger partial charge on any atom is -0.389 e. The Kier molecular flexibility index (Phi) is 3.89. The van der Waals surface area contributed by atoms with E-state index in [0.29, 0.717) is 0 Å². The minimum atomic E-state index is -4.08. The van der Waals surface area contributed by atoms with Crippen molar-refractivity contribution < 1.29 is 18.4 Å². The molecular formula is C11H16N4O5S. The highest BCUT2D eigenvalue weighted by molar-refractivity contribution is 7.89. The number of nitrogens with two attached hydrogens (primary N) is 1. The molecule has 1 aromatic rings. The Labute approximate surface area is 121 Å². The molecule has 0 bridgehead atoms. The van der Waals surface area contributed by atoms with E-state index in [1.54, 1.807) is 0 Å². The lowest BCUT2D eigenvalue weighted by molar-refractivity contribution is -0.387. The van der Waals surface area contributed by atoms with Crippen LogP contribution in [0.1, 0.15) is 13.3 Å². The van der Waals surface area contributed by atoms with Gasteiger partial charge >= 0.3 is 0 Å². The van der Waals surface area contributed by atoms with Crippen LogP contribution in [0.3, 0.4) is 0 Å². The van der Waals surface area contributed by atoms with E-state index in [9.17, 15) is 23.6 Å². The number of nitrogens with one attached hydrogen (secondary N) is 1. The molecule has 1 aliphatic rings. The molecule has 1 atom stereocenters. The summed E-state index contributed by atoms with van der Waals surface area (Å²) in [6.07, 6.45) is 0.273. The van der Waals surface area contributed by atoms with Crippen molar-refractivity contribution in [3.63, 3.8) is 0 Å². The van der Waals surface area contributed by atoms with Crippen LogP contribution in [-0.2, 0) is 10.0 Å². The topological polar surface area (TPSA) is 139 Å². The Morgan fingerprint density at radius 2 is 2.19 bits per heavy atom. The second kappa shape index (κ2) is 5.22. The number of hydrazine groups is 1. The number of nitrogens with zero attached hydrogens (tertiary/aromatic N) is 2. The third-order valence-electron chi connectivity index (χ3n) is 3.36. The number of hydrogen-bond acceptors (Lipinski definition) is 7. The van der Waals surface area contributed by atoms with E-state index in [1.165, 1.54) is 13.0 Å². The summed E-state index contributed by atoms with van der Waals surface area (Å²) in [4.78, 5) is 9.83. The molecule has 116 valence electrons. The van der Waals surface area contributed by atoms with Crippen molar-refractivity contribution in [2.45, 2.75) is 23.8 Å². The number of hydrogen-bond donors (Lipinski definition) is 3. The quantitative estimate of drug-likeness (QED) is 0.404. The zero-order valence-corrected chi connectivity index (χ0v) is 12.1. The first-order valence-electron chi connectivity index (χ1n) is 6.15. The van der Waals surface area contributed by atoms with Gasteiger partial charge in [-0.05, 0) is 25.5 Å². The highest BCUT2D eigenvalue weighted by Crippen LogP contribution is 2.33. The fourth-order valence-corrected chi connectivity index (χ4v) is 3.95. The predicted octanol–water partition coefficient (Wildman–Crippen LogP) is 0.0258. The normalized spacial score (nSPS) is 23.2. The Morgan fingerprint density at radius 3 is 2.67 bits per heavy atom. The fraction of sp³-hybridized carbons (Fsp3) is 0.455. The van der Waals surface area contributed by atoms with Crippen LogP contribution >= 0.6 is 0 Å². The predicted molar refractivity (Wildman–Crippen MR) is 74.9 cm³/mol. The second-order valence-corrected chi connectivity index (χ2v) is 7.08. The van der Waals surface area contributed by atoms with Crippen LogP contribution in [-0.4, -0.2) is 41.4 Å². The van der Waals surface area contributed by atoms with Gasteiger partial charge in [-0.1, -0.05) is 0 Å². The number of anilines is 1. The summed E-state index contributed by atoms with van der Waals surface area (Å²) in [7, 11) is -4.08. The number of sulfonamides is 1. The van der Waals surface area contributed by atoms with E-state index < -0.39 is 31.1 Å². The van der Waals surface area contributed by atoms with E-state index in [2.05, 4.69) is 5.43 Å². The van der Waals surface area contributed by atoms with Gasteiger partial charge in [0.05, 0.1) is 16.2 Å². The SMILES string of the molecule is CC1(O)CCN(S(=O)(=O)c2cc(NN)ccc2[N+](=O)[O-])C1. The van der Waals surface area contributed by atoms with Crippen molar-refractivity contribution in [3.05, 3.63) is 28.3 Å².